The summed E-state index contributed by atoms with van der Waals surface area (Å²) in [5.74, 6) is 0.0407. The van der Waals surface area contributed by atoms with Crippen molar-refractivity contribution in [3.8, 4) is 0 Å². The summed E-state index contributed by atoms with van der Waals surface area (Å²) in [7, 11) is 2.67. The smallest absolute Gasteiger partial charge is 0.327 e. The summed E-state index contributed by atoms with van der Waals surface area (Å²) in [4.78, 5) is 24.6. The van der Waals surface area contributed by atoms with Crippen LogP contribution in [0, 0.1) is 28.6 Å². The molecule has 3 rings (SSSR count). The van der Waals surface area contributed by atoms with Gasteiger partial charge in [-0.05, 0) is 36.0 Å². The van der Waals surface area contributed by atoms with Crippen LogP contribution in [0.5, 0.6) is 0 Å². The molecule has 0 unspecified atom stereocenters. The zero-order valence-electron chi connectivity index (χ0n) is 11.9. The lowest BCUT2D eigenvalue weighted by Crippen LogP contribution is -2.47. The first-order chi connectivity index (χ1) is 8.91. The first-order valence-electron chi connectivity index (χ1n) is 6.81. The van der Waals surface area contributed by atoms with Crippen molar-refractivity contribution in [2.75, 3.05) is 14.2 Å². The van der Waals surface area contributed by atoms with Gasteiger partial charge in [-0.3, -0.25) is 9.59 Å². The van der Waals surface area contributed by atoms with Crippen LogP contribution in [-0.4, -0.2) is 26.2 Å². The molecule has 0 radical (unpaired) electrons. The Kier molecular flexibility index (Phi) is 2.42. The maximum atomic E-state index is 12.3. The molecule has 0 amide bonds. The fraction of sp³-hybridized carbons (Fsp3) is 0.733. The van der Waals surface area contributed by atoms with E-state index < -0.39 is 17.4 Å². The lowest BCUT2D eigenvalue weighted by molar-refractivity contribution is -0.169. The van der Waals surface area contributed by atoms with E-state index in [1.807, 2.05) is 6.08 Å². The standard InChI is InChI=1S/C15H20O4/c1-14(2)8-5-6-9-11(8)10(14)7-15(9,12(16)18-3)13(17)19-4/h7-9,11H,5-6H2,1-4H3/t8-,9+,11-/m0/s1. The van der Waals surface area contributed by atoms with Gasteiger partial charge in [0.05, 0.1) is 14.2 Å². The van der Waals surface area contributed by atoms with Crippen molar-refractivity contribution in [1.82, 2.24) is 0 Å². The second-order valence-corrected chi connectivity index (χ2v) is 6.49. The summed E-state index contributed by atoms with van der Waals surface area (Å²) >= 11 is 0. The van der Waals surface area contributed by atoms with E-state index in [1.165, 1.54) is 19.8 Å². The van der Waals surface area contributed by atoms with Gasteiger partial charge >= 0.3 is 11.9 Å². The summed E-state index contributed by atoms with van der Waals surface area (Å²) in [6.07, 6.45) is 3.83. The van der Waals surface area contributed by atoms with Gasteiger partial charge in [-0.2, -0.15) is 0 Å². The predicted octanol–water partition coefficient (Wildman–Crippen LogP) is 1.94. The zero-order chi connectivity index (χ0) is 14.0. The third-order valence-corrected chi connectivity index (χ3v) is 5.70. The Morgan fingerprint density at radius 3 is 2.16 bits per heavy atom. The van der Waals surface area contributed by atoms with E-state index in [0.29, 0.717) is 11.8 Å². The SMILES string of the molecule is COC(=O)C1(C(=O)OC)C=C2[C@@H]3[C@H]1CC[C@@H]3C2(C)C. The highest BCUT2D eigenvalue weighted by molar-refractivity contribution is 6.04. The Balaban J connectivity index is 2.13. The molecule has 0 aromatic rings. The molecule has 4 heteroatoms. The third-order valence-electron chi connectivity index (χ3n) is 5.70. The van der Waals surface area contributed by atoms with E-state index in [9.17, 15) is 9.59 Å². The Morgan fingerprint density at radius 2 is 1.63 bits per heavy atom. The highest BCUT2D eigenvalue weighted by atomic mass is 16.5. The molecule has 104 valence electrons. The lowest BCUT2D eigenvalue weighted by atomic mass is 9.53. The fourth-order valence-electron chi connectivity index (χ4n) is 4.78. The van der Waals surface area contributed by atoms with Crippen LogP contribution >= 0.6 is 0 Å². The number of ether oxygens (including phenoxy) is 2. The molecule has 2 saturated carbocycles. The van der Waals surface area contributed by atoms with Gasteiger partial charge in [-0.15, -0.1) is 0 Å². The van der Waals surface area contributed by atoms with E-state index in [4.69, 9.17) is 9.47 Å². The van der Waals surface area contributed by atoms with Gasteiger partial charge < -0.3 is 9.47 Å². The number of allylic oxidation sites excluding steroid dienone is 1. The molecule has 0 bridgehead atoms. The Labute approximate surface area is 113 Å². The van der Waals surface area contributed by atoms with Gasteiger partial charge in [0.2, 0.25) is 0 Å². The van der Waals surface area contributed by atoms with Crippen LogP contribution in [0.4, 0.5) is 0 Å². The van der Waals surface area contributed by atoms with Crippen molar-refractivity contribution in [2.45, 2.75) is 26.7 Å². The molecule has 0 N–H and O–H groups in total. The predicted molar refractivity (Wildman–Crippen MR) is 68.0 cm³/mol. The normalized spacial score (nSPS) is 36.0. The van der Waals surface area contributed by atoms with E-state index >= 15 is 0 Å². The van der Waals surface area contributed by atoms with Crippen molar-refractivity contribution in [3.05, 3.63) is 11.6 Å². The van der Waals surface area contributed by atoms with Gasteiger partial charge in [0.25, 0.3) is 0 Å². The Bertz CT molecular complexity index is 472. The number of carbonyl (C=O) groups excluding carboxylic acids is 2. The molecule has 0 saturated heterocycles. The quantitative estimate of drug-likeness (QED) is 0.434. The molecular formula is C15H20O4. The molecule has 0 aromatic carbocycles. The molecule has 3 atom stereocenters. The van der Waals surface area contributed by atoms with Crippen molar-refractivity contribution >= 4 is 11.9 Å². The van der Waals surface area contributed by atoms with Crippen LogP contribution in [0.15, 0.2) is 11.6 Å². The van der Waals surface area contributed by atoms with Crippen LogP contribution < -0.4 is 0 Å². The molecule has 0 aliphatic heterocycles. The number of methoxy groups -OCH3 is 2. The van der Waals surface area contributed by atoms with Crippen LogP contribution in [0.1, 0.15) is 26.7 Å². The maximum absolute atomic E-state index is 12.3. The van der Waals surface area contributed by atoms with Crippen LogP contribution in [-0.2, 0) is 19.1 Å². The van der Waals surface area contributed by atoms with Crippen LogP contribution in [0.25, 0.3) is 0 Å². The average Bonchev–Trinajstić information content (AvgIpc) is 2.92. The number of hydrogen-bond donors (Lipinski definition) is 0. The van der Waals surface area contributed by atoms with Gasteiger partial charge in [0.1, 0.15) is 0 Å². The fourth-order valence-corrected chi connectivity index (χ4v) is 4.78. The van der Waals surface area contributed by atoms with Gasteiger partial charge in [0, 0.05) is 0 Å². The largest absolute Gasteiger partial charge is 0.468 e. The first kappa shape index (κ1) is 12.7. The number of esters is 2. The van der Waals surface area contributed by atoms with Crippen molar-refractivity contribution in [2.24, 2.45) is 28.6 Å². The molecule has 4 nitrogen and oxygen atoms in total. The molecule has 2 fully saturated rings. The van der Waals surface area contributed by atoms with Gasteiger partial charge in [-0.1, -0.05) is 25.5 Å². The second-order valence-electron chi connectivity index (χ2n) is 6.49. The van der Waals surface area contributed by atoms with Crippen molar-refractivity contribution in [1.29, 1.82) is 0 Å². The summed E-state index contributed by atoms with van der Waals surface area (Å²) in [5.41, 5.74) is 0.144. The highest BCUT2D eigenvalue weighted by Gasteiger charge is 2.71. The molecule has 0 aromatic heterocycles. The number of hydrogen-bond acceptors (Lipinski definition) is 4. The third kappa shape index (κ3) is 1.20. The second kappa shape index (κ2) is 3.62. The molecular weight excluding hydrogens is 244 g/mol. The minimum Gasteiger partial charge on any atom is -0.468 e. The minimum absolute atomic E-state index is 0.0282. The Hall–Kier alpha value is -1.32. The summed E-state index contributed by atoms with van der Waals surface area (Å²) < 4.78 is 9.84. The monoisotopic (exact) mass is 264 g/mol. The zero-order valence-corrected chi connectivity index (χ0v) is 11.9. The summed E-state index contributed by atoms with van der Waals surface area (Å²) in [6.45, 7) is 4.40. The van der Waals surface area contributed by atoms with Gasteiger partial charge in [0.15, 0.2) is 5.41 Å². The van der Waals surface area contributed by atoms with E-state index in [0.717, 1.165) is 12.8 Å². The topological polar surface area (TPSA) is 52.6 Å². The van der Waals surface area contributed by atoms with E-state index in [-0.39, 0.29) is 11.3 Å². The summed E-state index contributed by atoms with van der Waals surface area (Å²) in [5, 5.41) is 0. The van der Waals surface area contributed by atoms with Crippen LogP contribution in [0.3, 0.4) is 0 Å². The molecule has 3 aliphatic carbocycles. The number of rotatable bonds is 2. The Morgan fingerprint density at radius 1 is 1.11 bits per heavy atom. The van der Waals surface area contributed by atoms with Gasteiger partial charge in [-0.25, -0.2) is 0 Å². The first-order valence-corrected chi connectivity index (χ1v) is 6.81. The molecule has 3 aliphatic rings. The molecule has 0 spiro atoms. The summed E-state index contributed by atoms with van der Waals surface area (Å²) in [6, 6.07) is 0. The minimum atomic E-state index is -1.20. The highest BCUT2D eigenvalue weighted by Crippen LogP contribution is 2.72. The average molecular weight is 264 g/mol. The number of carbonyl (C=O) groups is 2. The van der Waals surface area contributed by atoms with Crippen molar-refractivity contribution < 1.29 is 19.1 Å². The molecule has 19 heavy (non-hydrogen) atoms. The van der Waals surface area contributed by atoms with Crippen LogP contribution in [0.2, 0.25) is 0 Å². The van der Waals surface area contributed by atoms with Crippen molar-refractivity contribution in [3.63, 3.8) is 0 Å². The van der Waals surface area contributed by atoms with E-state index in [2.05, 4.69) is 13.8 Å². The maximum Gasteiger partial charge on any atom is 0.327 e. The lowest BCUT2D eigenvalue weighted by Gasteiger charge is -2.50. The molecule has 0 heterocycles. The van der Waals surface area contributed by atoms with E-state index in [1.54, 1.807) is 0 Å².